The fraction of sp³-hybridized carbons (Fsp3) is 0.333. The first-order valence-electron chi connectivity index (χ1n) is 7.73. The van der Waals surface area contributed by atoms with Gasteiger partial charge in [0.05, 0.1) is 12.0 Å². The summed E-state index contributed by atoms with van der Waals surface area (Å²) in [6, 6.07) is 13.3. The van der Waals surface area contributed by atoms with Gasteiger partial charge >= 0.3 is 0 Å². The van der Waals surface area contributed by atoms with Gasteiger partial charge in [-0.2, -0.15) is 0 Å². The number of hydrogen-bond acceptors (Lipinski definition) is 3. The van der Waals surface area contributed by atoms with Crippen molar-refractivity contribution in [1.82, 2.24) is 4.72 Å². The fourth-order valence-corrected chi connectivity index (χ4v) is 3.79. The zero-order valence-corrected chi connectivity index (χ0v) is 15.6. The van der Waals surface area contributed by atoms with Crippen LogP contribution in [-0.4, -0.2) is 15.5 Å². The van der Waals surface area contributed by atoms with Gasteiger partial charge in [0.1, 0.15) is 5.75 Å². The molecule has 0 saturated heterocycles. The summed E-state index contributed by atoms with van der Waals surface area (Å²) in [6.45, 7) is 4.13. The molecule has 1 unspecified atom stereocenters. The summed E-state index contributed by atoms with van der Waals surface area (Å²) < 4.78 is 33.3. The van der Waals surface area contributed by atoms with Crippen molar-refractivity contribution < 1.29 is 13.2 Å². The fourth-order valence-electron chi connectivity index (χ4n) is 2.43. The largest absolute Gasteiger partial charge is 0.497 e. The van der Waals surface area contributed by atoms with Crippen LogP contribution in [0.25, 0.3) is 0 Å². The van der Waals surface area contributed by atoms with Crippen molar-refractivity contribution in [2.24, 2.45) is 5.92 Å². The van der Waals surface area contributed by atoms with Crippen LogP contribution in [0.5, 0.6) is 5.75 Å². The molecule has 2 aromatic rings. The van der Waals surface area contributed by atoms with Crippen molar-refractivity contribution in [2.75, 3.05) is 7.11 Å². The second-order valence-electron chi connectivity index (χ2n) is 6.03. The van der Waals surface area contributed by atoms with Crippen molar-refractivity contribution in [2.45, 2.75) is 31.2 Å². The van der Waals surface area contributed by atoms with E-state index in [-0.39, 0.29) is 10.9 Å². The summed E-state index contributed by atoms with van der Waals surface area (Å²) in [5.74, 6) is 1.08. The molecule has 0 bridgehead atoms. The Balaban J connectivity index is 2.28. The molecule has 24 heavy (non-hydrogen) atoms. The standard InChI is InChI=1S/C18H22ClNO3S/c1-13(2)12-18(14-4-8-16(23-3)9-5-14)20-24(21,22)17-10-6-15(19)7-11-17/h4-11,13,18,20H,12H2,1-3H3. The molecule has 130 valence electrons. The minimum Gasteiger partial charge on any atom is -0.497 e. The van der Waals surface area contributed by atoms with Crippen LogP contribution in [0.4, 0.5) is 0 Å². The second kappa shape index (κ2) is 8.01. The molecule has 0 aliphatic rings. The molecule has 0 aliphatic heterocycles. The quantitative estimate of drug-likeness (QED) is 0.788. The first-order valence-corrected chi connectivity index (χ1v) is 9.60. The van der Waals surface area contributed by atoms with Gasteiger partial charge in [-0.25, -0.2) is 13.1 Å². The lowest BCUT2D eigenvalue weighted by Crippen LogP contribution is -2.29. The molecule has 0 aromatic heterocycles. The van der Waals surface area contributed by atoms with Crippen LogP contribution in [0.1, 0.15) is 31.9 Å². The molecule has 6 heteroatoms. The number of halogens is 1. The molecule has 0 aliphatic carbocycles. The third kappa shape index (κ3) is 4.97. The van der Waals surface area contributed by atoms with Crippen molar-refractivity contribution in [3.8, 4) is 5.75 Å². The minimum atomic E-state index is -3.63. The van der Waals surface area contributed by atoms with Crippen LogP contribution in [-0.2, 0) is 10.0 Å². The lowest BCUT2D eigenvalue weighted by Gasteiger charge is -2.21. The Labute approximate surface area is 148 Å². The highest BCUT2D eigenvalue weighted by Gasteiger charge is 2.22. The molecule has 0 spiro atoms. The van der Waals surface area contributed by atoms with Gasteiger partial charge < -0.3 is 4.74 Å². The monoisotopic (exact) mass is 367 g/mol. The van der Waals surface area contributed by atoms with Crippen molar-refractivity contribution in [3.05, 3.63) is 59.1 Å². The molecule has 2 rings (SSSR count). The molecule has 2 aromatic carbocycles. The molecule has 0 radical (unpaired) electrons. The van der Waals surface area contributed by atoms with E-state index in [9.17, 15) is 8.42 Å². The van der Waals surface area contributed by atoms with E-state index in [0.29, 0.717) is 17.4 Å². The topological polar surface area (TPSA) is 55.4 Å². The van der Waals surface area contributed by atoms with E-state index in [0.717, 1.165) is 11.3 Å². The Kier molecular flexibility index (Phi) is 6.27. The summed E-state index contributed by atoms with van der Waals surface area (Å²) in [5.41, 5.74) is 0.905. The van der Waals surface area contributed by atoms with Crippen molar-refractivity contribution in [1.29, 1.82) is 0 Å². The van der Waals surface area contributed by atoms with E-state index in [1.165, 1.54) is 12.1 Å². The van der Waals surface area contributed by atoms with Crippen LogP contribution >= 0.6 is 11.6 Å². The third-order valence-corrected chi connectivity index (χ3v) is 5.39. The number of nitrogens with one attached hydrogen (secondary N) is 1. The lowest BCUT2D eigenvalue weighted by atomic mass is 9.98. The van der Waals surface area contributed by atoms with Crippen LogP contribution in [0.15, 0.2) is 53.4 Å². The first kappa shape index (κ1) is 18.8. The van der Waals surface area contributed by atoms with E-state index >= 15 is 0 Å². The minimum absolute atomic E-state index is 0.203. The zero-order chi connectivity index (χ0) is 17.7. The summed E-state index contributed by atoms with van der Waals surface area (Å²) in [7, 11) is -2.02. The molecule has 0 heterocycles. The van der Waals surface area contributed by atoms with Gasteiger partial charge in [0, 0.05) is 11.1 Å². The summed E-state index contributed by atoms with van der Waals surface area (Å²) in [6.07, 6.45) is 0.694. The van der Waals surface area contributed by atoms with Gasteiger partial charge in [-0.05, 0) is 54.3 Å². The highest BCUT2D eigenvalue weighted by Crippen LogP contribution is 2.26. The Morgan fingerprint density at radius 1 is 1.04 bits per heavy atom. The van der Waals surface area contributed by atoms with Crippen LogP contribution < -0.4 is 9.46 Å². The Morgan fingerprint density at radius 2 is 1.62 bits per heavy atom. The van der Waals surface area contributed by atoms with Gasteiger partial charge in [0.15, 0.2) is 0 Å². The predicted octanol–water partition coefficient (Wildman–Crippen LogP) is 4.41. The zero-order valence-electron chi connectivity index (χ0n) is 14.0. The maximum atomic E-state index is 12.7. The van der Waals surface area contributed by atoms with E-state index in [1.54, 1.807) is 19.2 Å². The van der Waals surface area contributed by atoms with Crippen molar-refractivity contribution in [3.63, 3.8) is 0 Å². The number of benzene rings is 2. The first-order chi connectivity index (χ1) is 11.3. The molecule has 0 amide bonds. The van der Waals surface area contributed by atoms with Gasteiger partial charge in [-0.15, -0.1) is 0 Å². The Bertz CT molecular complexity index is 756. The molecule has 1 atom stereocenters. The van der Waals surface area contributed by atoms with E-state index in [4.69, 9.17) is 16.3 Å². The molecule has 0 saturated carbocycles. The van der Waals surface area contributed by atoms with Gasteiger partial charge in [-0.1, -0.05) is 37.6 Å². The Hall–Kier alpha value is -1.56. The van der Waals surface area contributed by atoms with E-state index < -0.39 is 10.0 Å². The predicted molar refractivity (Wildman–Crippen MR) is 97.0 cm³/mol. The third-order valence-electron chi connectivity index (χ3n) is 3.65. The number of sulfonamides is 1. The molecular formula is C18H22ClNO3S. The maximum Gasteiger partial charge on any atom is 0.241 e. The van der Waals surface area contributed by atoms with Crippen LogP contribution in [0.3, 0.4) is 0 Å². The van der Waals surface area contributed by atoms with Crippen LogP contribution in [0, 0.1) is 5.92 Å². The molecule has 4 nitrogen and oxygen atoms in total. The maximum absolute atomic E-state index is 12.7. The van der Waals surface area contributed by atoms with E-state index in [2.05, 4.69) is 18.6 Å². The summed E-state index contributed by atoms with van der Waals surface area (Å²) in [4.78, 5) is 0.203. The molecular weight excluding hydrogens is 346 g/mol. The average molecular weight is 368 g/mol. The van der Waals surface area contributed by atoms with E-state index in [1.807, 2.05) is 24.3 Å². The number of rotatable bonds is 7. The lowest BCUT2D eigenvalue weighted by molar-refractivity contribution is 0.414. The average Bonchev–Trinajstić information content (AvgIpc) is 2.54. The number of hydrogen-bond donors (Lipinski definition) is 1. The number of ether oxygens (including phenoxy) is 1. The highest BCUT2D eigenvalue weighted by molar-refractivity contribution is 7.89. The van der Waals surface area contributed by atoms with Gasteiger partial charge in [-0.3, -0.25) is 0 Å². The summed E-state index contributed by atoms with van der Waals surface area (Å²) >= 11 is 5.83. The second-order valence-corrected chi connectivity index (χ2v) is 8.18. The normalized spacial score (nSPS) is 13.0. The van der Waals surface area contributed by atoms with Crippen molar-refractivity contribution >= 4 is 21.6 Å². The highest BCUT2D eigenvalue weighted by atomic mass is 35.5. The SMILES string of the molecule is COc1ccc(C(CC(C)C)NS(=O)(=O)c2ccc(Cl)cc2)cc1. The van der Waals surface area contributed by atoms with Gasteiger partial charge in [0.25, 0.3) is 0 Å². The van der Waals surface area contributed by atoms with Crippen LogP contribution in [0.2, 0.25) is 5.02 Å². The Morgan fingerprint density at radius 3 is 2.12 bits per heavy atom. The molecule has 0 fully saturated rings. The number of methoxy groups -OCH3 is 1. The smallest absolute Gasteiger partial charge is 0.241 e. The molecule has 1 N–H and O–H groups in total. The summed E-state index contributed by atoms with van der Waals surface area (Å²) in [5, 5.41) is 0.503. The van der Waals surface area contributed by atoms with Gasteiger partial charge in [0.2, 0.25) is 10.0 Å².